The van der Waals surface area contributed by atoms with Crippen LogP contribution in [0, 0.1) is 10.1 Å². The Kier molecular flexibility index (Phi) is 7.79. The maximum absolute atomic E-state index is 12.4. The molecule has 1 aromatic rings. The van der Waals surface area contributed by atoms with Crippen LogP contribution in [0.15, 0.2) is 24.3 Å². The van der Waals surface area contributed by atoms with Gasteiger partial charge in [-0.1, -0.05) is 13.0 Å². The summed E-state index contributed by atoms with van der Waals surface area (Å²) in [5.41, 5.74) is -0.165. The van der Waals surface area contributed by atoms with E-state index in [4.69, 9.17) is 9.47 Å². The molecular formula is C21H29N3O6. The molecule has 0 aliphatic carbocycles. The van der Waals surface area contributed by atoms with Crippen LogP contribution in [-0.4, -0.2) is 65.1 Å². The highest BCUT2D eigenvalue weighted by atomic mass is 16.6. The molecule has 2 rings (SSSR count). The smallest absolute Gasteiger partial charge is 0.410 e. The Bertz CT molecular complexity index is 807. The number of nitrogens with zero attached hydrogens (tertiary/aromatic N) is 3. The Balaban J connectivity index is 1.96. The monoisotopic (exact) mass is 419 g/mol. The van der Waals surface area contributed by atoms with Crippen LogP contribution < -0.4 is 4.74 Å². The van der Waals surface area contributed by atoms with Crippen LogP contribution in [0.4, 0.5) is 10.5 Å². The molecule has 0 N–H and O–H groups in total. The Morgan fingerprint density at radius 1 is 1.17 bits per heavy atom. The lowest BCUT2D eigenvalue weighted by Gasteiger charge is -2.35. The van der Waals surface area contributed by atoms with Gasteiger partial charge in [-0.05, 0) is 44.9 Å². The molecule has 1 saturated heterocycles. The molecule has 0 saturated carbocycles. The first-order valence-electron chi connectivity index (χ1n) is 9.97. The average molecular weight is 419 g/mol. The lowest BCUT2D eigenvalue weighted by molar-refractivity contribution is -0.385. The zero-order valence-electron chi connectivity index (χ0n) is 17.9. The van der Waals surface area contributed by atoms with Crippen molar-refractivity contribution in [2.24, 2.45) is 0 Å². The molecule has 0 atom stereocenters. The van der Waals surface area contributed by atoms with Crippen LogP contribution in [0.25, 0.3) is 6.08 Å². The topological polar surface area (TPSA) is 102 Å². The van der Waals surface area contributed by atoms with Crippen LogP contribution in [0.2, 0.25) is 0 Å². The number of benzene rings is 1. The standard InChI is InChI=1S/C21H29N3O6/c1-5-14-29-18-8-6-16(15-17(18)24(27)28)7-9-19(25)22-10-12-23(13-11-22)20(26)30-21(2,3)4/h6-9,15H,5,10-14H2,1-4H3/b9-7+. The van der Waals surface area contributed by atoms with Crippen molar-refractivity contribution in [3.8, 4) is 5.75 Å². The van der Waals surface area contributed by atoms with Crippen molar-refractivity contribution in [1.82, 2.24) is 9.80 Å². The number of amides is 2. The number of ether oxygens (including phenoxy) is 2. The number of hydrogen-bond acceptors (Lipinski definition) is 6. The van der Waals surface area contributed by atoms with E-state index in [1.165, 1.54) is 18.2 Å². The summed E-state index contributed by atoms with van der Waals surface area (Å²) in [6, 6.07) is 4.59. The molecule has 1 fully saturated rings. The molecular weight excluding hydrogens is 390 g/mol. The molecule has 1 aliphatic rings. The molecule has 9 nitrogen and oxygen atoms in total. The first kappa shape index (κ1) is 23.2. The molecule has 0 bridgehead atoms. The molecule has 9 heteroatoms. The number of rotatable bonds is 6. The van der Waals surface area contributed by atoms with Crippen molar-refractivity contribution in [1.29, 1.82) is 0 Å². The minimum Gasteiger partial charge on any atom is -0.487 e. The summed E-state index contributed by atoms with van der Waals surface area (Å²) in [6.07, 6.45) is 3.28. The van der Waals surface area contributed by atoms with Gasteiger partial charge >= 0.3 is 11.8 Å². The number of carbonyl (C=O) groups excluding carboxylic acids is 2. The molecule has 2 amide bonds. The zero-order valence-corrected chi connectivity index (χ0v) is 17.9. The number of nitro groups is 1. The fraction of sp³-hybridized carbons (Fsp3) is 0.524. The van der Waals surface area contributed by atoms with Crippen LogP contribution in [0.3, 0.4) is 0 Å². The first-order chi connectivity index (χ1) is 14.1. The maximum atomic E-state index is 12.4. The fourth-order valence-electron chi connectivity index (χ4n) is 2.82. The van der Waals surface area contributed by atoms with Gasteiger partial charge in [0.15, 0.2) is 5.75 Å². The minimum atomic E-state index is -0.563. The van der Waals surface area contributed by atoms with E-state index in [1.54, 1.807) is 21.9 Å². The first-order valence-corrected chi connectivity index (χ1v) is 9.97. The third-order valence-corrected chi connectivity index (χ3v) is 4.30. The third-order valence-electron chi connectivity index (χ3n) is 4.30. The summed E-state index contributed by atoms with van der Waals surface area (Å²) in [7, 11) is 0. The summed E-state index contributed by atoms with van der Waals surface area (Å²) in [5.74, 6) is -0.00334. The van der Waals surface area contributed by atoms with Crippen molar-refractivity contribution >= 4 is 23.8 Å². The number of piperazine rings is 1. The van der Waals surface area contributed by atoms with E-state index in [-0.39, 0.29) is 23.4 Å². The van der Waals surface area contributed by atoms with Crippen molar-refractivity contribution in [2.45, 2.75) is 39.7 Å². The average Bonchev–Trinajstić information content (AvgIpc) is 2.69. The molecule has 1 aromatic carbocycles. The summed E-state index contributed by atoms with van der Waals surface area (Å²) >= 11 is 0. The number of hydrogen-bond donors (Lipinski definition) is 0. The van der Waals surface area contributed by atoms with Crippen molar-refractivity contribution in [3.05, 3.63) is 40.0 Å². The van der Waals surface area contributed by atoms with Gasteiger partial charge in [-0.25, -0.2) is 4.79 Å². The van der Waals surface area contributed by atoms with E-state index in [0.29, 0.717) is 38.3 Å². The largest absolute Gasteiger partial charge is 0.487 e. The van der Waals surface area contributed by atoms with Crippen molar-refractivity contribution in [3.63, 3.8) is 0 Å². The molecule has 0 aromatic heterocycles. The summed E-state index contributed by atoms with van der Waals surface area (Å²) in [6.45, 7) is 9.31. The summed E-state index contributed by atoms with van der Waals surface area (Å²) in [4.78, 5) is 38.5. The lowest BCUT2D eigenvalue weighted by Crippen LogP contribution is -2.51. The minimum absolute atomic E-state index is 0.135. The summed E-state index contributed by atoms with van der Waals surface area (Å²) in [5, 5.41) is 11.3. The van der Waals surface area contributed by atoms with Gasteiger partial charge in [0.2, 0.25) is 5.91 Å². The second kappa shape index (κ2) is 10.1. The quantitative estimate of drug-likeness (QED) is 0.397. The second-order valence-electron chi connectivity index (χ2n) is 7.96. The van der Waals surface area contributed by atoms with E-state index >= 15 is 0 Å². The van der Waals surface area contributed by atoms with Gasteiger partial charge in [-0.2, -0.15) is 0 Å². The van der Waals surface area contributed by atoms with Crippen LogP contribution in [0.1, 0.15) is 39.7 Å². The Labute approximate surface area is 176 Å². The molecule has 30 heavy (non-hydrogen) atoms. The van der Waals surface area contributed by atoms with Crippen molar-refractivity contribution in [2.75, 3.05) is 32.8 Å². The van der Waals surface area contributed by atoms with Gasteiger partial charge in [0.25, 0.3) is 0 Å². The molecule has 1 heterocycles. The molecule has 1 aliphatic heterocycles. The zero-order chi connectivity index (χ0) is 22.3. The third kappa shape index (κ3) is 6.75. The van der Waals surface area contributed by atoms with E-state index in [2.05, 4.69) is 0 Å². The highest BCUT2D eigenvalue weighted by molar-refractivity contribution is 5.92. The molecule has 164 valence electrons. The molecule has 0 spiro atoms. The van der Waals surface area contributed by atoms with Gasteiger partial charge in [0, 0.05) is 38.3 Å². The highest BCUT2D eigenvalue weighted by Gasteiger charge is 2.27. The second-order valence-corrected chi connectivity index (χ2v) is 7.96. The predicted molar refractivity (Wildman–Crippen MR) is 112 cm³/mol. The Morgan fingerprint density at radius 3 is 2.37 bits per heavy atom. The maximum Gasteiger partial charge on any atom is 0.410 e. The van der Waals surface area contributed by atoms with Crippen molar-refractivity contribution < 1.29 is 24.0 Å². The SMILES string of the molecule is CCCOc1ccc(/C=C/C(=O)N2CCN(C(=O)OC(C)(C)C)CC2)cc1[N+](=O)[O-]. The van der Waals surface area contributed by atoms with E-state index in [1.807, 2.05) is 27.7 Å². The van der Waals surface area contributed by atoms with Crippen LogP contribution >= 0.6 is 0 Å². The van der Waals surface area contributed by atoms with Gasteiger partial charge in [0.05, 0.1) is 11.5 Å². The Hall–Kier alpha value is -3.10. The van der Waals surface area contributed by atoms with E-state index in [9.17, 15) is 19.7 Å². The lowest BCUT2D eigenvalue weighted by atomic mass is 10.1. The van der Waals surface area contributed by atoms with E-state index in [0.717, 1.165) is 6.42 Å². The normalized spacial score (nSPS) is 14.7. The molecule has 0 unspecified atom stereocenters. The molecule has 0 radical (unpaired) electrons. The van der Waals surface area contributed by atoms with E-state index < -0.39 is 10.5 Å². The summed E-state index contributed by atoms with van der Waals surface area (Å²) < 4.78 is 10.7. The Morgan fingerprint density at radius 2 is 1.80 bits per heavy atom. The predicted octanol–water partition coefficient (Wildman–Crippen LogP) is 3.48. The van der Waals surface area contributed by atoms with Gasteiger partial charge in [0.1, 0.15) is 5.60 Å². The highest BCUT2D eigenvalue weighted by Crippen LogP contribution is 2.28. The fourth-order valence-corrected chi connectivity index (χ4v) is 2.82. The van der Waals surface area contributed by atoms with Gasteiger partial charge in [-0.15, -0.1) is 0 Å². The number of nitro benzene ring substituents is 1. The van der Waals surface area contributed by atoms with Crippen LogP contribution in [-0.2, 0) is 9.53 Å². The van der Waals surface area contributed by atoms with Gasteiger partial charge in [-0.3, -0.25) is 14.9 Å². The van der Waals surface area contributed by atoms with Crippen LogP contribution in [0.5, 0.6) is 5.75 Å². The van der Waals surface area contributed by atoms with Gasteiger partial charge < -0.3 is 19.3 Å². The number of carbonyl (C=O) groups is 2.